The number of hydrogen-bond donors (Lipinski definition) is 3. The number of nitrogens with zero attached hydrogens (tertiary/aromatic N) is 2. The van der Waals surface area contributed by atoms with E-state index in [4.69, 9.17) is 15.9 Å². The Balaban J connectivity index is 1.17. The second kappa shape index (κ2) is 15.5. The number of terminal acetylenes is 1. The normalized spacial score (nSPS) is 19.2. The monoisotopic (exact) mass is 706 g/mol. The van der Waals surface area contributed by atoms with Crippen molar-refractivity contribution in [2.24, 2.45) is 5.92 Å². The largest absolute Gasteiger partial charge is 0.449 e. The molecule has 0 unspecified atom stereocenters. The van der Waals surface area contributed by atoms with Crippen molar-refractivity contribution in [2.45, 2.75) is 76.3 Å². The number of benzene rings is 3. The van der Waals surface area contributed by atoms with E-state index in [1.54, 1.807) is 37.8 Å². The number of carbonyl (C=O) groups is 4. The SMILES string of the molecule is C#Cc1ccc(CNC(=O)[C@@H]2C[C@@H](O)CN2C(=O)[C@@H](NC(=O)OCC2c3ccccc3-c3ccccc32)C2CCN(C(=O)OC(C)(C)C)CC2)cc1. The maximum absolute atomic E-state index is 14.4. The lowest BCUT2D eigenvalue weighted by Gasteiger charge is -2.38. The summed E-state index contributed by atoms with van der Waals surface area (Å²) < 4.78 is 11.4. The Morgan fingerprint density at radius 2 is 1.56 bits per heavy atom. The summed E-state index contributed by atoms with van der Waals surface area (Å²) in [6.07, 6.45) is 4.20. The molecule has 0 radical (unpaired) electrons. The van der Waals surface area contributed by atoms with Gasteiger partial charge in [-0.2, -0.15) is 0 Å². The van der Waals surface area contributed by atoms with Gasteiger partial charge in [0.05, 0.1) is 6.10 Å². The third-order valence-corrected chi connectivity index (χ3v) is 10.00. The number of rotatable bonds is 8. The van der Waals surface area contributed by atoms with E-state index < -0.39 is 47.8 Å². The molecule has 1 aliphatic carbocycles. The number of nitrogens with one attached hydrogen (secondary N) is 2. The Morgan fingerprint density at radius 1 is 0.942 bits per heavy atom. The van der Waals surface area contributed by atoms with Crippen LogP contribution in [0.4, 0.5) is 9.59 Å². The molecule has 3 atom stereocenters. The minimum Gasteiger partial charge on any atom is -0.449 e. The first kappa shape index (κ1) is 36.5. The summed E-state index contributed by atoms with van der Waals surface area (Å²) in [6, 6.07) is 21.3. The third-order valence-electron chi connectivity index (χ3n) is 10.00. The molecule has 0 aromatic heterocycles. The summed E-state index contributed by atoms with van der Waals surface area (Å²) in [5.41, 5.74) is 5.20. The number of aliphatic hydroxyl groups excluding tert-OH is 1. The zero-order chi connectivity index (χ0) is 37.0. The minimum absolute atomic E-state index is 0.0579. The molecule has 3 N–H and O–H groups in total. The maximum atomic E-state index is 14.4. The van der Waals surface area contributed by atoms with Gasteiger partial charge in [-0.05, 0) is 79.5 Å². The van der Waals surface area contributed by atoms with Crippen molar-refractivity contribution < 1.29 is 33.8 Å². The van der Waals surface area contributed by atoms with E-state index >= 15 is 0 Å². The average Bonchev–Trinajstić information content (AvgIpc) is 3.69. The van der Waals surface area contributed by atoms with E-state index in [0.717, 1.165) is 33.4 Å². The minimum atomic E-state index is -1.06. The summed E-state index contributed by atoms with van der Waals surface area (Å²) in [5, 5.41) is 16.4. The molecule has 2 heterocycles. The number of fused-ring (bicyclic) bond motifs is 3. The molecule has 0 spiro atoms. The summed E-state index contributed by atoms with van der Waals surface area (Å²) in [4.78, 5) is 57.2. The standard InChI is InChI=1S/C41H46N4O7/c1-5-26-14-16-27(17-15-26)23-42-37(47)35-22-29(46)24-45(35)38(48)36(28-18-20-44(21-19-28)40(50)52-41(2,3)4)43-39(49)51-25-34-32-12-8-6-10-30(32)31-11-7-9-13-33(31)34/h1,6-17,28-29,34-36,46H,18-25H2,2-4H3,(H,42,47)(H,43,49)/t29-,35+,36+/m1/s1. The molecule has 52 heavy (non-hydrogen) atoms. The van der Waals surface area contributed by atoms with E-state index in [2.05, 4.69) is 28.7 Å². The van der Waals surface area contributed by atoms with Crippen LogP contribution in [0.2, 0.25) is 0 Å². The maximum Gasteiger partial charge on any atom is 0.410 e. The Hall–Kier alpha value is -5.34. The fraction of sp³-hybridized carbons (Fsp3) is 0.415. The van der Waals surface area contributed by atoms with Crippen molar-refractivity contribution in [3.8, 4) is 23.5 Å². The number of alkyl carbamates (subject to hydrolysis) is 1. The van der Waals surface area contributed by atoms with Gasteiger partial charge in [0.2, 0.25) is 11.8 Å². The van der Waals surface area contributed by atoms with Gasteiger partial charge in [0, 0.05) is 44.1 Å². The van der Waals surface area contributed by atoms with Crippen LogP contribution in [-0.2, 0) is 25.6 Å². The number of β-amino-alcohol motifs (C(OH)–C–C–N with tert-alkyl or cyclic N) is 1. The van der Waals surface area contributed by atoms with E-state index in [1.165, 1.54) is 4.90 Å². The van der Waals surface area contributed by atoms with Crippen molar-refractivity contribution in [2.75, 3.05) is 26.2 Å². The Bertz CT molecular complexity index is 1790. The lowest BCUT2D eigenvalue weighted by Crippen LogP contribution is -2.57. The number of amides is 4. The second-order valence-corrected chi connectivity index (χ2v) is 14.7. The van der Waals surface area contributed by atoms with E-state index in [1.807, 2.05) is 48.5 Å². The van der Waals surface area contributed by atoms with Gasteiger partial charge in [-0.3, -0.25) is 9.59 Å². The Kier molecular flexibility index (Phi) is 10.9. The predicted octanol–water partition coefficient (Wildman–Crippen LogP) is 4.80. The zero-order valence-corrected chi connectivity index (χ0v) is 29.8. The molecule has 2 aliphatic heterocycles. The van der Waals surface area contributed by atoms with E-state index in [9.17, 15) is 24.3 Å². The van der Waals surface area contributed by atoms with E-state index in [0.29, 0.717) is 25.9 Å². The molecule has 0 bridgehead atoms. The van der Waals surface area contributed by atoms with Crippen LogP contribution < -0.4 is 10.6 Å². The summed E-state index contributed by atoms with van der Waals surface area (Å²) in [5.74, 6) is 1.12. The number of carbonyl (C=O) groups excluding carboxylic acids is 4. The summed E-state index contributed by atoms with van der Waals surface area (Å²) >= 11 is 0. The molecule has 272 valence electrons. The van der Waals surface area contributed by atoms with Crippen LogP contribution in [0.15, 0.2) is 72.8 Å². The van der Waals surface area contributed by atoms with Gasteiger partial charge in [-0.1, -0.05) is 66.6 Å². The van der Waals surface area contributed by atoms with Gasteiger partial charge in [0.25, 0.3) is 0 Å². The lowest BCUT2D eigenvalue weighted by molar-refractivity contribution is -0.141. The highest BCUT2D eigenvalue weighted by atomic mass is 16.6. The molecule has 6 rings (SSSR count). The Morgan fingerprint density at radius 3 is 2.15 bits per heavy atom. The summed E-state index contributed by atoms with van der Waals surface area (Å²) in [7, 11) is 0. The van der Waals surface area contributed by atoms with Crippen molar-refractivity contribution in [3.05, 3.63) is 95.1 Å². The second-order valence-electron chi connectivity index (χ2n) is 14.7. The zero-order valence-electron chi connectivity index (χ0n) is 29.8. The highest BCUT2D eigenvalue weighted by Crippen LogP contribution is 2.44. The molecule has 3 aromatic carbocycles. The van der Waals surface area contributed by atoms with Gasteiger partial charge in [-0.25, -0.2) is 9.59 Å². The van der Waals surface area contributed by atoms with Gasteiger partial charge < -0.3 is 35.0 Å². The highest BCUT2D eigenvalue weighted by Gasteiger charge is 2.44. The topological polar surface area (TPSA) is 138 Å². The summed E-state index contributed by atoms with van der Waals surface area (Å²) in [6.45, 7) is 6.26. The first-order valence-electron chi connectivity index (χ1n) is 17.8. The number of piperidine rings is 1. The van der Waals surface area contributed by atoms with Crippen molar-refractivity contribution in [1.82, 2.24) is 20.4 Å². The Labute approximate surface area is 304 Å². The van der Waals surface area contributed by atoms with Crippen LogP contribution >= 0.6 is 0 Å². The molecular weight excluding hydrogens is 660 g/mol. The molecule has 3 aromatic rings. The van der Waals surface area contributed by atoms with Crippen LogP contribution in [0.1, 0.15) is 68.2 Å². The lowest BCUT2D eigenvalue weighted by atomic mass is 9.88. The van der Waals surface area contributed by atoms with Crippen molar-refractivity contribution in [3.63, 3.8) is 0 Å². The first-order valence-corrected chi connectivity index (χ1v) is 17.8. The molecule has 0 saturated carbocycles. The van der Waals surface area contributed by atoms with Crippen LogP contribution in [0.3, 0.4) is 0 Å². The van der Waals surface area contributed by atoms with Crippen LogP contribution in [-0.4, -0.2) is 88.9 Å². The number of likely N-dealkylation sites (tertiary alicyclic amines) is 2. The molecule has 3 aliphatic rings. The highest BCUT2D eigenvalue weighted by molar-refractivity contribution is 5.92. The molecule has 11 nitrogen and oxygen atoms in total. The molecule has 4 amide bonds. The van der Waals surface area contributed by atoms with Crippen LogP contribution in [0, 0.1) is 18.3 Å². The molecule has 2 fully saturated rings. The fourth-order valence-electron chi connectivity index (χ4n) is 7.40. The van der Waals surface area contributed by atoms with Crippen molar-refractivity contribution >= 4 is 24.0 Å². The fourth-order valence-corrected chi connectivity index (χ4v) is 7.40. The first-order chi connectivity index (χ1) is 24.9. The quantitative estimate of drug-likeness (QED) is 0.286. The van der Waals surface area contributed by atoms with Crippen molar-refractivity contribution in [1.29, 1.82) is 0 Å². The average molecular weight is 707 g/mol. The van der Waals surface area contributed by atoms with Gasteiger partial charge in [0.15, 0.2) is 0 Å². The van der Waals surface area contributed by atoms with Gasteiger partial charge >= 0.3 is 12.2 Å². The number of hydrogen-bond acceptors (Lipinski definition) is 7. The third kappa shape index (κ3) is 8.24. The van der Waals surface area contributed by atoms with E-state index in [-0.39, 0.29) is 38.0 Å². The molecule has 11 heteroatoms. The van der Waals surface area contributed by atoms with Gasteiger partial charge in [-0.15, -0.1) is 6.42 Å². The van der Waals surface area contributed by atoms with Gasteiger partial charge in [0.1, 0.15) is 24.3 Å². The van der Waals surface area contributed by atoms with Crippen LogP contribution in [0.5, 0.6) is 0 Å². The van der Waals surface area contributed by atoms with Crippen LogP contribution in [0.25, 0.3) is 11.1 Å². The predicted molar refractivity (Wildman–Crippen MR) is 195 cm³/mol. The smallest absolute Gasteiger partial charge is 0.410 e. The number of aliphatic hydroxyl groups is 1. The number of ether oxygens (including phenoxy) is 2. The molecular formula is C41H46N4O7. The molecule has 2 saturated heterocycles.